The molecule has 0 saturated heterocycles. The van der Waals surface area contributed by atoms with Gasteiger partial charge < -0.3 is 10.2 Å². The number of hydrogen-bond acceptors (Lipinski definition) is 3. The summed E-state index contributed by atoms with van der Waals surface area (Å²) < 4.78 is 0. The summed E-state index contributed by atoms with van der Waals surface area (Å²) in [6.45, 7) is 7.57. The van der Waals surface area contributed by atoms with Gasteiger partial charge in [-0.2, -0.15) is 0 Å². The maximum atomic E-state index is 11.2. The third-order valence-corrected chi connectivity index (χ3v) is 2.82. The Morgan fingerprint density at radius 1 is 1.12 bits per heavy atom. The second-order valence-corrected chi connectivity index (χ2v) is 4.67. The molecule has 0 aliphatic heterocycles. The van der Waals surface area contributed by atoms with Gasteiger partial charge in [0, 0.05) is 12.6 Å². The molecule has 0 spiro atoms. The molecule has 17 heavy (non-hydrogen) atoms. The van der Waals surface area contributed by atoms with E-state index >= 15 is 0 Å². The zero-order valence-electron chi connectivity index (χ0n) is 11.0. The van der Waals surface area contributed by atoms with Crippen LogP contribution in [-0.4, -0.2) is 45.7 Å². The van der Waals surface area contributed by atoms with Crippen molar-refractivity contribution in [2.75, 3.05) is 6.54 Å². The monoisotopic (exact) mass is 245 g/mol. The number of nitrogens with zero attached hydrogens (tertiary/aromatic N) is 1. The number of carbonyl (C=O) groups is 2. The van der Waals surface area contributed by atoms with E-state index in [4.69, 9.17) is 5.11 Å². The second-order valence-electron chi connectivity index (χ2n) is 4.67. The summed E-state index contributed by atoms with van der Waals surface area (Å²) in [5.41, 5.74) is 0. The molecule has 0 aromatic heterocycles. The van der Waals surface area contributed by atoms with Crippen LogP contribution in [-0.2, 0) is 9.59 Å². The van der Waals surface area contributed by atoms with E-state index in [-0.39, 0.29) is 12.6 Å². The number of hydrogen-bond donors (Lipinski definition) is 2. The Hall–Kier alpha value is -1.10. The predicted octanol–water partition coefficient (Wildman–Crippen LogP) is 1.67. The summed E-state index contributed by atoms with van der Waals surface area (Å²) >= 11 is 0. The molecule has 2 unspecified atom stereocenters. The zero-order valence-corrected chi connectivity index (χ0v) is 11.0. The van der Waals surface area contributed by atoms with Crippen LogP contribution < -0.4 is 0 Å². The fraction of sp³-hybridized carbons (Fsp3) is 0.833. The quantitative estimate of drug-likeness (QED) is 0.680. The van der Waals surface area contributed by atoms with E-state index in [0.717, 1.165) is 6.42 Å². The van der Waals surface area contributed by atoms with Gasteiger partial charge in [-0.05, 0) is 20.3 Å². The van der Waals surface area contributed by atoms with Gasteiger partial charge >= 0.3 is 11.9 Å². The molecule has 0 amide bonds. The molecule has 0 saturated carbocycles. The van der Waals surface area contributed by atoms with E-state index in [1.54, 1.807) is 11.8 Å². The Bertz CT molecular complexity index is 265. The van der Waals surface area contributed by atoms with Crippen LogP contribution in [0.5, 0.6) is 0 Å². The number of carboxylic acid groups (broad SMARTS) is 2. The molecule has 0 aliphatic rings. The summed E-state index contributed by atoms with van der Waals surface area (Å²) in [6.07, 6.45) is 1.31. The lowest BCUT2D eigenvalue weighted by Gasteiger charge is -2.33. The van der Waals surface area contributed by atoms with E-state index in [2.05, 4.69) is 0 Å². The topological polar surface area (TPSA) is 77.8 Å². The third kappa shape index (κ3) is 5.17. The Morgan fingerprint density at radius 2 is 1.65 bits per heavy atom. The summed E-state index contributed by atoms with van der Waals surface area (Å²) in [6, 6.07) is -0.578. The number of carboxylic acids is 2. The van der Waals surface area contributed by atoms with Gasteiger partial charge in [-0.25, -0.2) is 0 Å². The Kier molecular flexibility index (Phi) is 6.80. The normalized spacial score (nSPS) is 14.9. The van der Waals surface area contributed by atoms with Crippen LogP contribution in [0.3, 0.4) is 0 Å². The first kappa shape index (κ1) is 15.9. The minimum atomic E-state index is -0.892. The van der Waals surface area contributed by atoms with E-state index in [9.17, 15) is 14.7 Å². The molecule has 2 N–H and O–H groups in total. The highest BCUT2D eigenvalue weighted by Gasteiger charge is 2.29. The van der Waals surface area contributed by atoms with Crippen molar-refractivity contribution in [3.63, 3.8) is 0 Å². The van der Waals surface area contributed by atoms with Crippen LogP contribution in [0, 0.1) is 5.92 Å². The molecule has 0 heterocycles. The number of aliphatic carboxylic acids is 2. The fourth-order valence-corrected chi connectivity index (χ4v) is 1.80. The van der Waals surface area contributed by atoms with Crippen LogP contribution in [0.15, 0.2) is 0 Å². The van der Waals surface area contributed by atoms with E-state index in [1.165, 1.54) is 0 Å². The van der Waals surface area contributed by atoms with Crippen molar-refractivity contribution in [1.29, 1.82) is 0 Å². The molecule has 0 aromatic carbocycles. The lowest BCUT2D eigenvalue weighted by atomic mass is 10.0. The molecular weight excluding hydrogens is 222 g/mol. The Morgan fingerprint density at radius 3 is 1.94 bits per heavy atom. The Labute approximate surface area is 102 Å². The molecule has 2 atom stereocenters. The SMILES string of the molecule is CCCC(C(=O)O)N(CC(C)C(=O)O)C(C)C. The third-order valence-electron chi connectivity index (χ3n) is 2.82. The van der Waals surface area contributed by atoms with Gasteiger partial charge in [0.25, 0.3) is 0 Å². The lowest BCUT2D eigenvalue weighted by Crippen LogP contribution is -2.48. The highest BCUT2D eigenvalue weighted by atomic mass is 16.4. The van der Waals surface area contributed by atoms with E-state index in [0.29, 0.717) is 6.42 Å². The maximum absolute atomic E-state index is 11.2. The van der Waals surface area contributed by atoms with Gasteiger partial charge in [-0.3, -0.25) is 14.5 Å². The van der Waals surface area contributed by atoms with Gasteiger partial charge in [0.1, 0.15) is 6.04 Å². The highest BCUT2D eigenvalue weighted by Crippen LogP contribution is 2.14. The molecule has 0 bridgehead atoms. The predicted molar refractivity (Wildman–Crippen MR) is 65.0 cm³/mol. The van der Waals surface area contributed by atoms with Crippen molar-refractivity contribution in [3.05, 3.63) is 0 Å². The van der Waals surface area contributed by atoms with Crippen molar-refractivity contribution >= 4 is 11.9 Å². The van der Waals surface area contributed by atoms with Crippen molar-refractivity contribution in [1.82, 2.24) is 4.90 Å². The molecule has 0 fully saturated rings. The standard InChI is InChI=1S/C12H23NO4/c1-5-6-10(12(16)17)13(8(2)3)7-9(4)11(14)15/h8-10H,5-7H2,1-4H3,(H,14,15)(H,16,17). The van der Waals surface area contributed by atoms with Gasteiger partial charge in [0.2, 0.25) is 0 Å². The molecule has 5 nitrogen and oxygen atoms in total. The van der Waals surface area contributed by atoms with Crippen molar-refractivity contribution in [2.24, 2.45) is 5.92 Å². The zero-order chi connectivity index (χ0) is 13.6. The van der Waals surface area contributed by atoms with Crippen LogP contribution >= 0.6 is 0 Å². The van der Waals surface area contributed by atoms with Crippen LogP contribution in [0.2, 0.25) is 0 Å². The smallest absolute Gasteiger partial charge is 0.320 e. The molecule has 0 rings (SSSR count). The van der Waals surface area contributed by atoms with Gasteiger partial charge in [0.05, 0.1) is 5.92 Å². The minimum absolute atomic E-state index is 0.0180. The number of rotatable bonds is 8. The first-order valence-electron chi connectivity index (χ1n) is 6.02. The van der Waals surface area contributed by atoms with Gasteiger partial charge in [-0.1, -0.05) is 20.3 Å². The van der Waals surface area contributed by atoms with Gasteiger partial charge in [0.15, 0.2) is 0 Å². The van der Waals surface area contributed by atoms with Crippen LogP contribution in [0.4, 0.5) is 0 Å². The average molecular weight is 245 g/mol. The van der Waals surface area contributed by atoms with Crippen LogP contribution in [0.25, 0.3) is 0 Å². The lowest BCUT2D eigenvalue weighted by molar-refractivity contribution is -0.148. The molecule has 0 radical (unpaired) electrons. The summed E-state index contributed by atoms with van der Waals surface area (Å²) in [5, 5.41) is 18.1. The first-order valence-corrected chi connectivity index (χ1v) is 6.02. The summed E-state index contributed by atoms with van der Waals surface area (Å²) in [5.74, 6) is -2.33. The van der Waals surface area contributed by atoms with Crippen molar-refractivity contribution in [2.45, 2.75) is 52.6 Å². The second kappa shape index (κ2) is 7.27. The summed E-state index contributed by atoms with van der Waals surface area (Å²) in [4.78, 5) is 23.8. The summed E-state index contributed by atoms with van der Waals surface area (Å²) in [7, 11) is 0. The van der Waals surface area contributed by atoms with Gasteiger partial charge in [-0.15, -0.1) is 0 Å². The molecule has 0 aromatic rings. The van der Waals surface area contributed by atoms with Crippen LogP contribution in [0.1, 0.15) is 40.5 Å². The van der Waals surface area contributed by atoms with Crippen molar-refractivity contribution < 1.29 is 19.8 Å². The van der Waals surface area contributed by atoms with E-state index in [1.807, 2.05) is 20.8 Å². The van der Waals surface area contributed by atoms with Crippen molar-refractivity contribution in [3.8, 4) is 0 Å². The maximum Gasteiger partial charge on any atom is 0.320 e. The highest BCUT2D eigenvalue weighted by molar-refractivity contribution is 5.74. The average Bonchev–Trinajstić information content (AvgIpc) is 2.21. The largest absolute Gasteiger partial charge is 0.481 e. The molecule has 5 heteroatoms. The molecular formula is C12H23NO4. The first-order chi connectivity index (χ1) is 7.81. The minimum Gasteiger partial charge on any atom is -0.481 e. The van der Waals surface area contributed by atoms with E-state index < -0.39 is 23.9 Å². The Balaban J connectivity index is 4.80. The molecule has 100 valence electrons. The fourth-order valence-electron chi connectivity index (χ4n) is 1.80. The molecule has 0 aliphatic carbocycles.